The van der Waals surface area contributed by atoms with E-state index in [2.05, 4.69) is 25.5 Å². The summed E-state index contributed by atoms with van der Waals surface area (Å²) < 4.78 is 20.2. The van der Waals surface area contributed by atoms with Crippen LogP contribution in [0.4, 0.5) is 4.39 Å². The van der Waals surface area contributed by atoms with E-state index in [1.807, 2.05) is 12.1 Å². The van der Waals surface area contributed by atoms with Gasteiger partial charge in [-0.3, -0.25) is 14.7 Å². The molecule has 31 heavy (non-hydrogen) atoms. The molecule has 4 rings (SSSR count). The van der Waals surface area contributed by atoms with Crippen LogP contribution in [0.3, 0.4) is 0 Å². The van der Waals surface area contributed by atoms with Gasteiger partial charge in [0.1, 0.15) is 5.82 Å². The molecule has 0 bridgehead atoms. The molecule has 1 aliphatic heterocycles. The van der Waals surface area contributed by atoms with Crippen LogP contribution in [0.1, 0.15) is 27.7 Å². The van der Waals surface area contributed by atoms with Crippen molar-refractivity contribution in [3.63, 3.8) is 0 Å². The number of carbonyl (C=O) groups excluding carboxylic acids is 1. The van der Waals surface area contributed by atoms with E-state index in [0.717, 1.165) is 18.7 Å². The van der Waals surface area contributed by atoms with Crippen molar-refractivity contribution in [3.8, 4) is 0 Å². The van der Waals surface area contributed by atoms with E-state index in [1.165, 1.54) is 16.8 Å². The number of nitrogens with one attached hydrogen (secondary N) is 1. The number of carbonyl (C=O) groups is 1. The van der Waals surface area contributed by atoms with Crippen LogP contribution in [-0.2, 0) is 11.3 Å². The van der Waals surface area contributed by atoms with Crippen LogP contribution in [0.15, 0.2) is 48.9 Å². The first-order valence-corrected chi connectivity index (χ1v) is 10.3. The molecule has 1 atom stereocenters. The van der Waals surface area contributed by atoms with Crippen LogP contribution < -0.4 is 5.32 Å². The summed E-state index contributed by atoms with van der Waals surface area (Å²) >= 11 is 6.07. The summed E-state index contributed by atoms with van der Waals surface area (Å²) in [6, 6.07) is 8.07. The normalized spacial score (nSPS) is 15.5. The lowest BCUT2D eigenvalue weighted by atomic mass is 10.1. The van der Waals surface area contributed by atoms with Crippen molar-refractivity contribution in [3.05, 3.63) is 76.6 Å². The predicted octanol–water partition coefficient (Wildman–Crippen LogP) is 2.32. The van der Waals surface area contributed by atoms with Crippen molar-refractivity contribution in [1.29, 1.82) is 0 Å². The van der Waals surface area contributed by atoms with Gasteiger partial charge in [0.25, 0.3) is 5.91 Å². The summed E-state index contributed by atoms with van der Waals surface area (Å²) in [5, 5.41) is 11.2. The van der Waals surface area contributed by atoms with Gasteiger partial charge in [0.15, 0.2) is 5.69 Å². The number of pyridine rings is 1. The third-order valence-electron chi connectivity index (χ3n) is 5.15. The van der Waals surface area contributed by atoms with E-state index < -0.39 is 5.82 Å². The van der Waals surface area contributed by atoms with Gasteiger partial charge in [-0.15, -0.1) is 5.10 Å². The first-order chi connectivity index (χ1) is 15.1. The Morgan fingerprint density at radius 3 is 2.74 bits per heavy atom. The van der Waals surface area contributed by atoms with Crippen LogP contribution >= 0.6 is 11.6 Å². The Labute approximate surface area is 184 Å². The van der Waals surface area contributed by atoms with Gasteiger partial charge < -0.3 is 10.1 Å². The molecule has 1 fully saturated rings. The van der Waals surface area contributed by atoms with E-state index in [4.69, 9.17) is 16.3 Å². The van der Waals surface area contributed by atoms with E-state index in [1.54, 1.807) is 24.7 Å². The maximum atomic E-state index is 13.2. The zero-order chi connectivity index (χ0) is 21.6. The molecule has 1 saturated heterocycles. The largest absolute Gasteiger partial charge is 0.379 e. The van der Waals surface area contributed by atoms with Gasteiger partial charge in [0, 0.05) is 37.1 Å². The molecule has 162 valence electrons. The lowest BCUT2D eigenvalue weighted by Crippen LogP contribution is -2.43. The molecule has 1 aliphatic rings. The van der Waals surface area contributed by atoms with Gasteiger partial charge in [0.05, 0.1) is 32.0 Å². The number of rotatable bonds is 7. The summed E-state index contributed by atoms with van der Waals surface area (Å²) in [4.78, 5) is 19.0. The third-order valence-corrected chi connectivity index (χ3v) is 5.50. The fourth-order valence-electron chi connectivity index (χ4n) is 3.52. The number of aromatic nitrogens is 4. The molecule has 10 heteroatoms. The van der Waals surface area contributed by atoms with Gasteiger partial charge in [-0.05, 0) is 35.4 Å². The third kappa shape index (κ3) is 5.43. The predicted molar refractivity (Wildman–Crippen MR) is 112 cm³/mol. The highest BCUT2D eigenvalue weighted by Crippen LogP contribution is 2.21. The number of hydrogen-bond donors (Lipinski definition) is 1. The molecule has 1 amide bonds. The lowest BCUT2D eigenvalue weighted by Gasteiger charge is -2.34. The van der Waals surface area contributed by atoms with Crippen molar-refractivity contribution in [2.75, 3.05) is 32.8 Å². The summed E-state index contributed by atoms with van der Waals surface area (Å²) in [5.74, 6) is -0.722. The van der Waals surface area contributed by atoms with E-state index >= 15 is 0 Å². The first kappa shape index (κ1) is 21.4. The van der Waals surface area contributed by atoms with E-state index in [0.29, 0.717) is 30.3 Å². The zero-order valence-electron chi connectivity index (χ0n) is 16.7. The fourth-order valence-corrected chi connectivity index (χ4v) is 3.74. The molecule has 3 aromatic rings. The Bertz CT molecular complexity index is 1030. The number of halogens is 2. The fraction of sp³-hybridized carbons (Fsp3) is 0.333. The molecule has 2 aromatic heterocycles. The van der Waals surface area contributed by atoms with Crippen molar-refractivity contribution in [1.82, 2.24) is 30.2 Å². The average molecular weight is 445 g/mol. The molecule has 3 heterocycles. The number of benzene rings is 1. The Morgan fingerprint density at radius 1 is 1.23 bits per heavy atom. The van der Waals surface area contributed by atoms with E-state index in [-0.39, 0.29) is 24.2 Å². The van der Waals surface area contributed by atoms with Crippen LogP contribution in [0.25, 0.3) is 0 Å². The quantitative estimate of drug-likeness (QED) is 0.602. The average Bonchev–Trinajstić information content (AvgIpc) is 3.26. The Kier molecular flexibility index (Phi) is 6.86. The van der Waals surface area contributed by atoms with Gasteiger partial charge in [0.2, 0.25) is 0 Å². The van der Waals surface area contributed by atoms with Gasteiger partial charge in [-0.2, -0.15) is 0 Å². The number of morpholine rings is 1. The number of ether oxygens (including phenoxy) is 1. The maximum absolute atomic E-state index is 13.2. The molecular weight excluding hydrogens is 423 g/mol. The number of nitrogens with zero attached hydrogens (tertiary/aromatic N) is 5. The van der Waals surface area contributed by atoms with Gasteiger partial charge >= 0.3 is 0 Å². The highest BCUT2D eigenvalue weighted by atomic mass is 35.5. The van der Waals surface area contributed by atoms with Crippen LogP contribution in [0.2, 0.25) is 5.02 Å². The Balaban J connectivity index is 1.41. The zero-order valence-corrected chi connectivity index (χ0v) is 17.5. The van der Waals surface area contributed by atoms with Crippen LogP contribution in [0, 0.1) is 5.82 Å². The molecule has 0 unspecified atom stereocenters. The smallest absolute Gasteiger partial charge is 0.273 e. The summed E-state index contributed by atoms with van der Waals surface area (Å²) in [5.41, 5.74) is 1.96. The maximum Gasteiger partial charge on any atom is 0.273 e. The molecule has 0 saturated carbocycles. The SMILES string of the molecule is O=C(NC[C@H](c1ccncc1)N1CCOCC1)c1cn(Cc2ccc(F)cc2Cl)nn1. The standard InChI is InChI=1S/C21H22ClFN6O2/c22-18-11-17(23)2-1-16(18)13-29-14-19(26-27-29)21(30)25-12-20(15-3-5-24-6-4-15)28-7-9-31-10-8-28/h1-6,11,14,20H,7-10,12-13H2,(H,25,30)/t20-/m1/s1. The molecule has 8 nitrogen and oxygen atoms in total. The van der Waals surface area contributed by atoms with Crippen molar-refractivity contribution >= 4 is 17.5 Å². The first-order valence-electron chi connectivity index (χ1n) is 9.94. The molecule has 0 radical (unpaired) electrons. The minimum Gasteiger partial charge on any atom is -0.379 e. The highest BCUT2D eigenvalue weighted by Gasteiger charge is 2.24. The van der Waals surface area contributed by atoms with Crippen molar-refractivity contribution in [2.45, 2.75) is 12.6 Å². The van der Waals surface area contributed by atoms with Gasteiger partial charge in [-0.1, -0.05) is 22.9 Å². The minimum absolute atomic E-state index is 0.00363. The van der Waals surface area contributed by atoms with Crippen molar-refractivity contribution < 1.29 is 13.9 Å². The van der Waals surface area contributed by atoms with Gasteiger partial charge in [-0.25, -0.2) is 9.07 Å². The topological polar surface area (TPSA) is 85.2 Å². The molecule has 0 aliphatic carbocycles. The molecule has 1 aromatic carbocycles. The summed E-state index contributed by atoms with van der Waals surface area (Å²) in [6.45, 7) is 3.60. The highest BCUT2D eigenvalue weighted by molar-refractivity contribution is 6.31. The van der Waals surface area contributed by atoms with Crippen LogP contribution in [0.5, 0.6) is 0 Å². The summed E-state index contributed by atoms with van der Waals surface area (Å²) in [6.07, 6.45) is 5.04. The number of amides is 1. The van der Waals surface area contributed by atoms with Crippen molar-refractivity contribution in [2.24, 2.45) is 0 Å². The second-order valence-corrected chi connectivity index (χ2v) is 7.60. The molecular formula is C21H22ClFN6O2. The lowest BCUT2D eigenvalue weighted by molar-refractivity contribution is 0.0162. The minimum atomic E-state index is -0.406. The van der Waals surface area contributed by atoms with Crippen LogP contribution in [-0.4, -0.2) is 63.6 Å². The second-order valence-electron chi connectivity index (χ2n) is 7.19. The Hall–Kier alpha value is -2.88. The molecule has 0 spiro atoms. The summed E-state index contributed by atoms with van der Waals surface area (Å²) in [7, 11) is 0. The number of hydrogen-bond acceptors (Lipinski definition) is 6. The Morgan fingerprint density at radius 2 is 2.00 bits per heavy atom. The van der Waals surface area contributed by atoms with E-state index in [9.17, 15) is 9.18 Å². The second kappa shape index (κ2) is 9.95. The molecule has 1 N–H and O–H groups in total. The monoisotopic (exact) mass is 444 g/mol.